The summed E-state index contributed by atoms with van der Waals surface area (Å²) in [5.41, 5.74) is 0.878. The third-order valence-corrected chi connectivity index (χ3v) is 5.38. The molecule has 0 radical (unpaired) electrons. The maximum Gasteiger partial charge on any atom is 0.250 e. The normalized spacial score (nSPS) is 35.1. The molecule has 1 aromatic rings. The summed E-state index contributed by atoms with van der Waals surface area (Å²) in [5, 5.41) is 2.85. The van der Waals surface area contributed by atoms with Gasteiger partial charge in [-0.1, -0.05) is 36.8 Å². The molecular formula is C17H20N2O2. The Labute approximate surface area is 124 Å². The topological polar surface area (TPSA) is 49.4 Å². The first kappa shape index (κ1) is 12.9. The number of carbonyl (C=O) groups is 2. The summed E-state index contributed by atoms with van der Waals surface area (Å²) in [5.74, 6) is 1.42. The van der Waals surface area contributed by atoms with E-state index in [0.717, 1.165) is 17.9 Å². The van der Waals surface area contributed by atoms with Crippen molar-refractivity contribution in [1.82, 2.24) is 10.2 Å². The van der Waals surface area contributed by atoms with Crippen molar-refractivity contribution in [2.75, 3.05) is 6.54 Å². The van der Waals surface area contributed by atoms with Crippen LogP contribution in [-0.4, -0.2) is 29.3 Å². The highest BCUT2D eigenvalue weighted by Crippen LogP contribution is 2.47. The van der Waals surface area contributed by atoms with E-state index in [2.05, 4.69) is 5.32 Å². The molecule has 2 amide bonds. The lowest BCUT2D eigenvalue weighted by molar-refractivity contribution is -0.148. The van der Waals surface area contributed by atoms with Crippen LogP contribution in [-0.2, 0) is 9.59 Å². The van der Waals surface area contributed by atoms with Gasteiger partial charge in [0.25, 0.3) is 5.91 Å². The van der Waals surface area contributed by atoms with Crippen LogP contribution in [0.15, 0.2) is 30.3 Å². The molecule has 1 N–H and O–H groups in total. The van der Waals surface area contributed by atoms with E-state index >= 15 is 0 Å². The fourth-order valence-electron chi connectivity index (χ4n) is 4.41. The molecule has 2 aliphatic carbocycles. The van der Waals surface area contributed by atoms with Crippen LogP contribution in [0, 0.1) is 11.8 Å². The summed E-state index contributed by atoms with van der Waals surface area (Å²) in [7, 11) is 0. The lowest BCUT2D eigenvalue weighted by Crippen LogP contribution is -2.57. The third-order valence-electron chi connectivity index (χ3n) is 5.38. The third kappa shape index (κ3) is 2.13. The summed E-state index contributed by atoms with van der Waals surface area (Å²) < 4.78 is 0. The van der Waals surface area contributed by atoms with E-state index in [1.807, 2.05) is 35.2 Å². The minimum absolute atomic E-state index is 0.0359. The molecule has 4 atom stereocenters. The highest BCUT2D eigenvalue weighted by atomic mass is 16.2. The zero-order valence-corrected chi connectivity index (χ0v) is 12.0. The predicted molar refractivity (Wildman–Crippen MR) is 78.3 cm³/mol. The second-order valence-corrected chi connectivity index (χ2v) is 6.62. The van der Waals surface area contributed by atoms with Gasteiger partial charge >= 0.3 is 0 Å². The maximum atomic E-state index is 12.8. The minimum Gasteiger partial charge on any atom is -0.339 e. The fraction of sp³-hybridized carbons (Fsp3) is 0.529. The Kier molecular flexibility index (Phi) is 2.98. The monoisotopic (exact) mass is 284 g/mol. The van der Waals surface area contributed by atoms with Crippen molar-refractivity contribution in [2.24, 2.45) is 11.8 Å². The van der Waals surface area contributed by atoms with E-state index in [0.29, 0.717) is 5.92 Å². The Morgan fingerprint density at radius 1 is 1.05 bits per heavy atom. The zero-order chi connectivity index (χ0) is 14.4. The number of hydrogen-bond donors (Lipinski definition) is 1. The predicted octanol–water partition coefficient (Wildman–Crippen LogP) is 1.87. The van der Waals surface area contributed by atoms with E-state index in [4.69, 9.17) is 0 Å². The molecule has 0 spiro atoms. The van der Waals surface area contributed by atoms with Crippen LogP contribution in [0.1, 0.15) is 37.3 Å². The Morgan fingerprint density at radius 3 is 2.52 bits per heavy atom. The van der Waals surface area contributed by atoms with Gasteiger partial charge in [0.05, 0.1) is 6.54 Å². The quantitative estimate of drug-likeness (QED) is 0.901. The Morgan fingerprint density at radius 2 is 1.86 bits per heavy atom. The highest BCUT2D eigenvalue weighted by Gasteiger charge is 2.47. The molecule has 2 saturated carbocycles. The molecule has 4 rings (SSSR count). The van der Waals surface area contributed by atoms with Gasteiger partial charge in [-0.2, -0.15) is 0 Å². The second-order valence-electron chi connectivity index (χ2n) is 6.62. The van der Waals surface area contributed by atoms with Crippen molar-refractivity contribution < 1.29 is 9.59 Å². The average molecular weight is 284 g/mol. The van der Waals surface area contributed by atoms with Crippen LogP contribution in [0.2, 0.25) is 0 Å². The van der Waals surface area contributed by atoms with Gasteiger partial charge < -0.3 is 10.2 Å². The molecule has 4 nitrogen and oxygen atoms in total. The molecule has 0 aromatic heterocycles. The largest absolute Gasteiger partial charge is 0.339 e. The Balaban J connectivity index is 1.60. The van der Waals surface area contributed by atoms with Gasteiger partial charge in [-0.05, 0) is 36.7 Å². The molecule has 2 bridgehead atoms. The lowest BCUT2D eigenvalue weighted by atomic mass is 9.92. The number of nitrogens with one attached hydrogen (secondary N) is 1. The first-order valence-electron chi connectivity index (χ1n) is 7.87. The van der Waals surface area contributed by atoms with Gasteiger partial charge in [0, 0.05) is 6.04 Å². The molecule has 4 heteroatoms. The van der Waals surface area contributed by atoms with Crippen LogP contribution >= 0.6 is 0 Å². The maximum absolute atomic E-state index is 12.8. The van der Waals surface area contributed by atoms with Gasteiger partial charge in [-0.15, -0.1) is 0 Å². The van der Waals surface area contributed by atoms with Gasteiger partial charge in [0.2, 0.25) is 5.91 Å². The van der Waals surface area contributed by atoms with Crippen molar-refractivity contribution in [3.05, 3.63) is 35.9 Å². The standard InChI is InChI=1S/C17H20N2O2/c20-15-10-19(14-9-11-6-7-13(14)8-11)17(21)16(18-15)12-4-2-1-3-5-12/h1-5,11,13-14,16H,6-10H2,(H,18,20). The molecule has 1 aliphatic heterocycles. The van der Waals surface area contributed by atoms with Crippen molar-refractivity contribution in [2.45, 2.75) is 37.8 Å². The van der Waals surface area contributed by atoms with Crippen LogP contribution in [0.4, 0.5) is 0 Å². The first-order chi connectivity index (χ1) is 10.2. The van der Waals surface area contributed by atoms with E-state index in [9.17, 15) is 9.59 Å². The molecule has 1 heterocycles. The number of fused-ring (bicyclic) bond motifs is 2. The van der Waals surface area contributed by atoms with Crippen molar-refractivity contribution in [3.8, 4) is 0 Å². The number of carbonyl (C=O) groups excluding carboxylic acids is 2. The first-order valence-corrected chi connectivity index (χ1v) is 7.87. The van der Waals surface area contributed by atoms with E-state index < -0.39 is 6.04 Å². The van der Waals surface area contributed by atoms with E-state index in [-0.39, 0.29) is 24.4 Å². The molecule has 3 fully saturated rings. The SMILES string of the molecule is O=C1CN(C2CC3CCC2C3)C(=O)C(c2ccccc2)N1. The van der Waals surface area contributed by atoms with E-state index in [1.165, 1.54) is 19.3 Å². The number of nitrogens with zero attached hydrogens (tertiary/aromatic N) is 1. The number of benzene rings is 1. The Hall–Kier alpha value is -1.84. The molecule has 3 aliphatic rings. The number of piperazine rings is 1. The molecule has 1 aromatic carbocycles. The van der Waals surface area contributed by atoms with Crippen molar-refractivity contribution in [3.63, 3.8) is 0 Å². The second kappa shape index (κ2) is 4.86. The minimum atomic E-state index is -0.508. The smallest absolute Gasteiger partial charge is 0.250 e. The summed E-state index contributed by atoms with van der Waals surface area (Å²) in [6.07, 6.45) is 4.85. The van der Waals surface area contributed by atoms with Crippen LogP contribution < -0.4 is 5.32 Å². The van der Waals surface area contributed by atoms with Gasteiger partial charge in [0.1, 0.15) is 6.04 Å². The summed E-state index contributed by atoms with van der Waals surface area (Å²) in [6.45, 7) is 0.232. The van der Waals surface area contributed by atoms with Gasteiger partial charge in [-0.25, -0.2) is 0 Å². The molecule has 21 heavy (non-hydrogen) atoms. The molecule has 4 unspecified atom stereocenters. The summed E-state index contributed by atoms with van der Waals surface area (Å²) in [4.78, 5) is 26.8. The number of hydrogen-bond acceptors (Lipinski definition) is 2. The van der Waals surface area contributed by atoms with Crippen molar-refractivity contribution in [1.29, 1.82) is 0 Å². The highest BCUT2D eigenvalue weighted by molar-refractivity contribution is 5.95. The lowest BCUT2D eigenvalue weighted by Gasteiger charge is -2.40. The molecule has 110 valence electrons. The number of amides is 2. The zero-order valence-electron chi connectivity index (χ0n) is 12.0. The van der Waals surface area contributed by atoms with Crippen LogP contribution in [0.3, 0.4) is 0 Å². The van der Waals surface area contributed by atoms with Crippen LogP contribution in [0.5, 0.6) is 0 Å². The van der Waals surface area contributed by atoms with Crippen LogP contribution in [0.25, 0.3) is 0 Å². The average Bonchev–Trinajstić information content (AvgIpc) is 3.13. The van der Waals surface area contributed by atoms with E-state index in [1.54, 1.807) is 0 Å². The number of rotatable bonds is 2. The molecular weight excluding hydrogens is 264 g/mol. The van der Waals surface area contributed by atoms with Crippen molar-refractivity contribution >= 4 is 11.8 Å². The summed E-state index contributed by atoms with van der Waals surface area (Å²) >= 11 is 0. The summed E-state index contributed by atoms with van der Waals surface area (Å²) in [6, 6.07) is 9.34. The van der Waals surface area contributed by atoms with Gasteiger partial charge in [0.15, 0.2) is 0 Å². The fourth-order valence-corrected chi connectivity index (χ4v) is 4.41. The molecule has 1 saturated heterocycles. The Bertz CT molecular complexity index is 571. The van der Waals surface area contributed by atoms with Gasteiger partial charge in [-0.3, -0.25) is 9.59 Å².